The van der Waals surface area contributed by atoms with Gasteiger partial charge in [0.25, 0.3) is 0 Å². The largest absolute Gasteiger partial charge is 0.413 e. The van der Waals surface area contributed by atoms with E-state index >= 15 is 0 Å². The summed E-state index contributed by atoms with van der Waals surface area (Å²) in [6, 6.07) is 3.71. The van der Waals surface area contributed by atoms with E-state index in [0.717, 1.165) is 11.3 Å². The molecule has 0 spiro atoms. The standard InChI is InChI=1S/C8H9O2PS/c1-2-3-6-4-5-7(12-6)10-8(9)11/h2,4-5H,1,3,11H2. The van der Waals surface area contributed by atoms with Gasteiger partial charge in [0.2, 0.25) is 0 Å². The van der Waals surface area contributed by atoms with Crippen LogP contribution in [-0.4, -0.2) is 5.71 Å². The molecule has 0 saturated heterocycles. The van der Waals surface area contributed by atoms with Gasteiger partial charge in [-0.15, -0.1) is 17.9 Å². The normalized spacial score (nSPS) is 9.42. The second kappa shape index (κ2) is 4.39. The highest BCUT2D eigenvalue weighted by molar-refractivity contribution is 7.39. The maximum absolute atomic E-state index is 10.5. The van der Waals surface area contributed by atoms with Crippen LogP contribution in [0.5, 0.6) is 5.06 Å². The molecule has 0 radical (unpaired) electrons. The van der Waals surface area contributed by atoms with E-state index in [-0.39, 0.29) is 5.71 Å². The Morgan fingerprint density at radius 3 is 3.08 bits per heavy atom. The molecule has 0 amide bonds. The summed E-state index contributed by atoms with van der Waals surface area (Å²) < 4.78 is 4.85. The Bertz CT molecular complexity index is 293. The third-order valence-corrected chi connectivity index (χ3v) is 2.29. The highest BCUT2D eigenvalue weighted by atomic mass is 32.1. The van der Waals surface area contributed by atoms with Crippen LogP contribution < -0.4 is 4.74 Å². The summed E-state index contributed by atoms with van der Waals surface area (Å²) >= 11 is 1.46. The minimum absolute atomic E-state index is 0.359. The zero-order valence-corrected chi connectivity index (χ0v) is 8.42. The Kier molecular flexibility index (Phi) is 3.45. The first-order chi connectivity index (χ1) is 5.72. The molecule has 0 aromatic carbocycles. The summed E-state index contributed by atoms with van der Waals surface area (Å²) in [6.07, 6.45) is 2.64. The molecule has 0 N–H and O–H groups in total. The molecule has 64 valence electrons. The Labute approximate surface area is 77.4 Å². The van der Waals surface area contributed by atoms with Crippen molar-refractivity contribution in [3.05, 3.63) is 29.7 Å². The quantitative estimate of drug-likeness (QED) is 0.554. The van der Waals surface area contributed by atoms with Crippen molar-refractivity contribution >= 4 is 26.3 Å². The molecule has 0 saturated carbocycles. The lowest BCUT2D eigenvalue weighted by molar-refractivity contribution is 0.228. The Morgan fingerprint density at radius 1 is 1.75 bits per heavy atom. The van der Waals surface area contributed by atoms with Crippen molar-refractivity contribution < 1.29 is 9.53 Å². The molecule has 0 aliphatic carbocycles. The second-order valence-corrected chi connectivity index (χ2v) is 3.74. The van der Waals surface area contributed by atoms with Crippen molar-refractivity contribution in [2.24, 2.45) is 0 Å². The molecule has 1 heterocycles. The summed E-state index contributed by atoms with van der Waals surface area (Å²) in [5.41, 5.74) is -0.359. The topological polar surface area (TPSA) is 26.3 Å². The third kappa shape index (κ3) is 2.76. The van der Waals surface area contributed by atoms with Crippen molar-refractivity contribution in [3.63, 3.8) is 0 Å². The fraction of sp³-hybridized carbons (Fsp3) is 0.125. The van der Waals surface area contributed by atoms with E-state index < -0.39 is 0 Å². The van der Waals surface area contributed by atoms with Crippen molar-refractivity contribution in [2.75, 3.05) is 0 Å². The molecule has 2 nitrogen and oxygen atoms in total. The summed E-state index contributed by atoms with van der Waals surface area (Å²) in [4.78, 5) is 11.7. The van der Waals surface area contributed by atoms with Crippen LogP contribution >= 0.6 is 20.6 Å². The molecule has 0 aliphatic heterocycles. The summed E-state index contributed by atoms with van der Waals surface area (Å²) in [5.74, 6) is 0. The van der Waals surface area contributed by atoms with Crippen molar-refractivity contribution in [1.29, 1.82) is 0 Å². The van der Waals surface area contributed by atoms with E-state index in [1.165, 1.54) is 11.3 Å². The van der Waals surface area contributed by atoms with Crippen LogP contribution in [-0.2, 0) is 6.42 Å². The number of carbonyl (C=O) groups excluding carboxylic acids is 1. The van der Waals surface area contributed by atoms with Crippen molar-refractivity contribution in [3.8, 4) is 5.06 Å². The number of carbonyl (C=O) groups is 1. The van der Waals surface area contributed by atoms with Crippen LogP contribution in [0.15, 0.2) is 24.8 Å². The first kappa shape index (κ1) is 9.43. The van der Waals surface area contributed by atoms with E-state index in [9.17, 15) is 4.79 Å². The zero-order chi connectivity index (χ0) is 8.97. The molecule has 0 bridgehead atoms. The molecule has 1 aromatic heterocycles. The van der Waals surface area contributed by atoms with Gasteiger partial charge < -0.3 is 4.74 Å². The molecular weight excluding hydrogens is 191 g/mol. The summed E-state index contributed by atoms with van der Waals surface area (Å²) in [6.45, 7) is 3.62. The third-order valence-electron chi connectivity index (χ3n) is 1.18. The number of rotatable bonds is 3. The highest BCUT2D eigenvalue weighted by Gasteiger charge is 2.01. The molecule has 4 heteroatoms. The zero-order valence-electron chi connectivity index (χ0n) is 6.45. The van der Waals surface area contributed by atoms with Gasteiger partial charge in [0.1, 0.15) is 0 Å². The van der Waals surface area contributed by atoms with Gasteiger partial charge in [-0.2, -0.15) is 0 Å². The van der Waals surface area contributed by atoms with Gasteiger partial charge in [-0.3, -0.25) is 0 Å². The number of hydrogen-bond donors (Lipinski definition) is 0. The molecule has 1 unspecified atom stereocenters. The van der Waals surface area contributed by atoms with Gasteiger partial charge in [-0.05, 0) is 27.8 Å². The van der Waals surface area contributed by atoms with Crippen molar-refractivity contribution in [1.82, 2.24) is 0 Å². The predicted octanol–water partition coefficient (Wildman–Crippen LogP) is 2.85. The van der Waals surface area contributed by atoms with Crippen LogP contribution in [0.2, 0.25) is 0 Å². The highest BCUT2D eigenvalue weighted by Crippen LogP contribution is 2.25. The van der Waals surface area contributed by atoms with Gasteiger partial charge in [0.15, 0.2) is 5.06 Å². The molecule has 0 aliphatic rings. The first-order valence-corrected chi connectivity index (χ1v) is 4.78. The molecule has 1 atom stereocenters. The average molecular weight is 200 g/mol. The Balaban J connectivity index is 2.63. The van der Waals surface area contributed by atoms with E-state index in [2.05, 4.69) is 6.58 Å². The second-order valence-electron chi connectivity index (χ2n) is 2.13. The number of thiophene rings is 1. The smallest absolute Gasteiger partial charge is 0.325 e. The summed E-state index contributed by atoms with van der Waals surface area (Å²) in [5, 5.41) is 0.631. The lowest BCUT2D eigenvalue weighted by atomic mass is 10.3. The van der Waals surface area contributed by atoms with E-state index in [4.69, 9.17) is 4.74 Å². The SMILES string of the molecule is C=CCc1ccc(OC(=O)P)s1. The van der Waals surface area contributed by atoms with Crippen LogP contribution in [0.3, 0.4) is 0 Å². The molecule has 1 aromatic rings. The Hall–Kier alpha value is -0.660. The average Bonchev–Trinajstić information content (AvgIpc) is 2.36. The molecular formula is C8H9O2PS. The fourth-order valence-corrected chi connectivity index (χ4v) is 1.83. The maximum Gasteiger partial charge on any atom is 0.325 e. The van der Waals surface area contributed by atoms with Gasteiger partial charge in [0, 0.05) is 4.88 Å². The molecule has 1 rings (SSSR count). The lowest BCUT2D eigenvalue weighted by Gasteiger charge is -1.92. The monoisotopic (exact) mass is 200 g/mol. The fourth-order valence-electron chi connectivity index (χ4n) is 0.764. The van der Waals surface area contributed by atoms with Crippen LogP contribution in [0.25, 0.3) is 0 Å². The summed E-state index contributed by atoms with van der Waals surface area (Å²) in [7, 11) is 1.97. The Morgan fingerprint density at radius 2 is 2.50 bits per heavy atom. The molecule has 12 heavy (non-hydrogen) atoms. The van der Waals surface area contributed by atoms with Crippen LogP contribution in [0.4, 0.5) is 4.79 Å². The minimum Gasteiger partial charge on any atom is -0.413 e. The maximum atomic E-state index is 10.5. The number of ether oxygens (including phenoxy) is 1. The van der Waals surface area contributed by atoms with Gasteiger partial charge in [0.05, 0.1) is 0 Å². The van der Waals surface area contributed by atoms with E-state index in [0.29, 0.717) is 5.06 Å². The minimum atomic E-state index is -0.359. The first-order valence-electron chi connectivity index (χ1n) is 3.39. The van der Waals surface area contributed by atoms with Crippen LogP contribution in [0, 0.1) is 0 Å². The van der Waals surface area contributed by atoms with Crippen LogP contribution in [0.1, 0.15) is 4.88 Å². The van der Waals surface area contributed by atoms with Crippen molar-refractivity contribution in [2.45, 2.75) is 6.42 Å². The predicted molar refractivity (Wildman–Crippen MR) is 54.0 cm³/mol. The van der Waals surface area contributed by atoms with Gasteiger partial charge in [-0.25, -0.2) is 4.79 Å². The number of allylic oxidation sites excluding steroid dienone is 1. The van der Waals surface area contributed by atoms with Gasteiger partial charge >= 0.3 is 5.71 Å². The lowest BCUT2D eigenvalue weighted by Crippen LogP contribution is -1.91. The molecule has 0 fully saturated rings. The van der Waals surface area contributed by atoms with E-state index in [1.54, 1.807) is 6.07 Å². The number of hydrogen-bond acceptors (Lipinski definition) is 3. The van der Waals surface area contributed by atoms with E-state index in [1.807, 2.05) is 21.4 Å². The van der Waals surface area contributed by atoms with Gasteiger partial charge in [-0.1, -0.05) is 6.08 Å².